The van der Waals surface area contributed by atoms with Gasteiger partial charge in [-0.1, -0.05) is 16.8 Å². The van der Waals surface area contributed by atoms with E-state index in [9.17, 15) is 9.59 Å². The van der Waals surface area contributed by atoms with Crippen molar-refractivity contribution >= 4 is 40.4 Å². The summed E-state index contributed by atoms with van der Waals surface area (Å²) in [5.41, 5.74) is 2.26. The van der Waals surface area contributed by atoms with Crippen LogP contribution in [0.4, 0.5) is 5.69 Å². The third kappa shape index (κ3) is 4.64. The molecule has 1 aromatic carbocycles. The number of hydrogen-bond acceptors (Lipinski definition) is 6. The Morgan fingerprint density at radius 2 is 1.97 bits per heavy atom. The van der Waals surface area contributed by atoms with Crippen molar-refractivity contribution in [1.82, 2.24) is 20.3 Å². The third-order valence-corrected chi connectivity index (χ3v) is 5.64. The largest absolute Gasteiger partial charge is 0.379 e. The quantitative estimate of drug-likeness (QED) is 0.670. The monoisotopic (exact) mass is 431 g/mol. The number of ether oxygens (including phenoxy) is 1. The van der Waals surface area contributed by atoms with Gasteiger partial charge in [0.25, 0.3) is 5.91 Å². The van der Waals surface area contributed by atoms with Crippen molar-refractivity contribution in [2.24, 2.45) is 0 Å². The summed E-state index contributed by atoms with van der Waals surface area (Å²) < 4.78 is 7.55. The number of carbonyl (C=O) groups is 2. The molecule has 0 bridgehead atoms. The molecule has 1 aliphatic rings. The van der Waals surface area contributed by atoms with Crippen molar-refractivity contribution in [2.75, 3.05) is 24.7 Å². The van der Waals surface area contributed by atoms with Crippen LogP contribution in [0.3, 0.4) is 0 Å². The molecule has 2 amide bonds. The predicted octanol–water partition coefficient (Wildman–Crippen LogP) is 2.67. The highest BCUT2D eigenvalue weighted by Crippen LogP contribution is 2.21. The van der Waals surface area contributed by atoms with Crippen LogP contribution in [0.1, 0.15) is 21.8 Å². The molecule has 0 aliphatic carbocycles. The minimum atomic E-state index is -0.202. The molecule has 0 unspecified atom stereocenters. The zero-order valence-corrected chi connectivity index (χ0v) is 16.9. The van der Waals surface area contributed by atoms with E-state index in [-0.39, 0.29) is 18.4 Å². The van der Waals surface area contributed by atoms with Crippen LogP contribution in [0.15, 0.2) is 42.6 Å². The predicted molar refractivity (Wildman–Crippen MR) is 110 cm³/mol. The highest BCUT2D eigenvalue weighted by Gasteiger charge is 2.18. The van der Waals surface area contributed by atoms with Gasteiger partial charge in [-0.15, -0.1) is 16.4 Å². The Kier molecular flexibility index (Phi) is 5.89. The van der Waals surface area contributed by atoms with Gasteiger partial charge >= 0.3 is 0 Å². The SMILES string of the molecule is O=C(NCc1cn(-c2ccc(N3CCOCCC3=O)cc2)nn1)c1ccc(Cl)s1. The highest BCUT2D eigenvalue weighted by atomic mass is 35.5. The van der Waals surface area contributed by atoms with Crippen LogP contribution < -0.4 is 10.2 Å². The minimum absolute atomic E-state index is 0.0565. The van der Waals surface area contributed by atoms with Gasteiger partial charge in [0.2, 0.25) is 5.91 Å². The number of thiophene rings is 1. The summed E-state index contributed by atoms with van der Waals surface area (Å²) in [4.78, 5) is 26.6. The standard InChI is InChI=1S/C19H18ClN5O3S/c20-17-6-5-16(29-17)19(27)21-11-13-12-25(23-22-13)15-3-1-14(2-4-15)24-8-10-28-9-7-18(24)26/h1-6,12H,7-11H2,(H,21,27). The Morgan fingerprint density at radius 3 is 2.72 bits per heavy atom. The first kappa shape index (κ1) is 19.6. The van der Waals surface area contributed by atoms with Crippen molar-refractivity contribution in [3.63, 3.8) is 0 Å². The van der Waals surface area contributed by atoms with E-state index in [1.54, 1.807) is 27.9 Å². The summed E-state index contributed by atoms with van der Waals surface area (Å²) in [5.74, 6) is -0.145. The lowest BCUT2D eigenvalue weighted by Gasteiger charge is -2.20. The number of hydrogen-bond donors (Lipinski definition) is 1. The second kappa shape index (κ2) is 8.73. The number of nitrogens with zero attached hydrogens (tertiary/aromatic N) is 4. The molecule has 0 radical (unpaired) electrons. The number of rotatable bonds is 5. The van der Waals surface area contributed by atoms with Crippen LogP contribution in [0.2, 0.25) is 4.34 Å². The lowest BCUT2D eigenvalue weighted by atomic mass is 10.2. The Hall–Kier alpha value is -2.75. The van der Waals surface area contributed by atoms with Crippen LogP contribution in [-0.4, -0.2) is 46.6 Å². The van der Waals surface area contributed by atoms with E-state index in [1.807, 2.05) is 24.3 Å². The van der Waals surface area contributed by atoms with E-state index >= 15 is 0 Å². The van der Waals surface area contributed by atoms with Gasteiger partial charge in [0, 0.05) is 12.2 Å². The number of anilines is 1. The highest BCUT2D eigenvalue weighted by molar-refractivity contribution is 7.17. The zero-order chi connectivity index (χ0) is 20.2. The summed E-state index contributed by atoms with van der Waals surface area (Å²) in [6.07, 6.45) is 2.14. The lowest BCUT2D eigenvalue weighted by molar-refractivity contribution is -0.118. The molecule has 1 N–H and O–H groups in total. The van der Waals surface area contributed by atoms with Crippen molar-refractivity contribution < 1.29 is 14.3 Å². The average molecular weight is 432 g/mol. The Morgan fingerprint density at radius 1 is 1.17 bits per heavy atom. The smallest absolute Gasteiger partial charge is 0.261 e. The molecule has 1 aliphatic heterocycles. The fourth-order valence-corrected chi connectivity index (χ4v) is 3.89. The van der Waals surface area contributed by atoms with Crippen molar-refractivity contribution in [1.29, 1.82) is 0 Å². The summed E-state index contributed by atoms with van der Waals surface area (Å²) in [7, 11) is 0. The fourth-order valence-electron chi connectivity index (χ4n) is 2.94. The topological polar surface area (TPSA) is 89.4 Å². The number of nitrogens with one attached hydrogen (secondary N) is 1. The summed E-state index contributed by atoms with van der Waals surface area (Å²) in [5, 5.41) is 11.0. The maximum atomic E-state index is 12.2. The molecule has 0 spiro atoms. The molecule has 3 aromatic rings. The van der Waals surface area contributed by atoms with E-state index in [0.29, 0.717) is 41.1 Å². The second-order valence-corrected chi connectivity index (χ2v) is 8.08. The molecule has 150 valence electrons. The Bertz CT molecular complexity index is 1020. The second-order valence-electron chi connectivity index (χ2n) is 6.37. The van der Waals surface area contributed by atoms with Crippen LogP contribution in [0.5, 0.6) is 0 Å². The molecule has 0 atom stereocenters. The molecule has 10 heteroatoms. The third-order valence-electron chi connectivity index (χ3n) is 4.41. The molecule has 1 fully saturated rings. The summed E-state index contributed by atoms with van der Waals surface area (Å²) in [6.45, 7) is 1.80. The van der Waals surface area contributed by atoms with Gasteiger partial charge in [-0.25, -0.2) is 4.68 Å². The molecule has 8 nitrogen and oxygen atoms in total. The van der Waals surface area contributed by atoms with Crippen LogP contribution in [0.25, 0.3) is 5.69 Å². The van der Waals surface area contributed by atoms with Gasteiger partial charge in [0.1, 0.15) is 5.69 Å². The molecular weight excluding hydrogens is 414 g/mol. The van der Waals surface area contributed by atoms with E-state index in [2.05, 4.69) is 15.6 Å². The van der Waals surface area contributed by atoms with E-state index < -0.39 is 0 Å². The number of carbonyl (C=O) groups excluding carboxylic acids is 2. The number of amides is 2. The molecule has 3 heterocycles. The van der Waals surface area contributed by atoms with Crippen molar-refractivity contribution in [2.45, 2.75) is 13.0 Å². The first-order valence-electron chi connectivity index (χ1n) is 9.03. The molecule has 29 heavy (non-hydrogen) atoms. The number of aromatic nitrogens is 3. The van der Waals surface area contributed by atoms with Crippen LogP contribution >= 0.6 is 22.9 Å². The molecule has 4 rings (SSSR count). The molecule has 2 aromatic heterocycles. The number of halogens is 1. The van der Waals surface area contributed by atoms with Gasteiger partial charge in [-0.05, 0) is 36.4 Å². The van der Waals surface area contributed by atoms with Crippen molar-refractivity contribution in [3.8, 4) is 5.69 Å². The number of benzene rings is 1. The first-order valence-corrected chi connectivity index (χ1v) is 10.2. The van der Waals surface area contributed by atoms with E-state index in [0.717, 1.165) is 11.4 Å². The molecular formula is C19H18ClN5O3S. The Labute approximate surface area is 176 Å². The lowest BCUT2D eigenvalue weighted by Crippen LogP contribution is -2.31. The molecule has 0 saturated carbocycles. The Balaban J connectivity index is 1.40. The minimum Gasteiger partial charge on any atom is -0.379 e. The normalized spacial score (nSPS) is 14.7. The van der Waals surface area contributed by atoms with Gasteiger partial charge < -0.3 is 15.0 Å². The van der Waals surface area contributed by atoms with Gasteiger partial charge in [-0.2, -0.15) is 0 Å². The zero-order valence-electron chi connectivity index (χ0n) is 15.4. The van der Waals surface area contributed by atoms with Crippen LogP contribution in [0, 0.1) is 0 Å². The van der Waals surface area contributed by atoms with Gasteiger partial charge in [-0.3, -0.25) is 9.59 Å². The summed E-state index contributed by atoms with van der Waals surface area (Å²) >= 11 is 7.08. The maximum absolute atomic E-state index is 12.2. The fraction of sp³-hybridized carbons (Fsp3) is 0.263. The average Bonchev–Trinajstić information content (AvgIpc) is 3.33. The van der Waals surface area contributed by atoms with Crippen LogP contribution in [-0.2, 0) is 16.1 Å². The summed E-state index contributed by atoms with van der Waals surface area (Å²) in [6, 6.07) is 10.9. The first-order chi connectivity index (χ1) is 14.1. The maximum Gasteiger partial charge on any atom is 0.261 e. The van der Waals surface area contributed by atoms with E-state index in [4.69, 9.17) is 16.3 Å². The van der Waals surface area contributed by atoms with E-state index in [1.165, 1.54) is 11.3 Å². The van der Waals surface area contributed by atoms with Gasteiger partial charge in [0.15, 0.2) is 0 Å². The van der Waals surface area contributed by atoms with Gasteiger partial charge in [0.05, 0.1) is 47.3 Å². The van der Waals surface area contributed by atoms with Crippen molar-refractivity contribution in [3.05, 3.63) is 57.5 Å². The molecule has 1 saturated heterocycles.